The number of likely N-dealkylation sites (tertiary alicyclic amines) is 1. The number of aromatic nitrogens is 3. The summed E-state index contributed by atoms with van der Waals surface area (Å²) in [7, 11) is 1.66. The molecule has 0 bridgehead atoms. The van der Waals surface area contributed by atoms with Gasteiger partial charge in [-0.3, -0.25) is 14.7 Å². The lowest BCUT2D eigenvalue weighted by atomic mass is 10.1. The Labute approximate surface area is 175 Å². The van der Waals surface area contributed by atoms with Gasteiger partial charge >= 0.3 is 0 Å². The molecule has 7 heteroatoms. The van der Waals surface area contributed by atoms with Crippen LogP contribution < -0.4 is 10.3 Å². The molecule has 1 atom stereocenters. The van der Waals surface area contributed by atoms with E-state index >= 15 is 0 Å². The van der Waals surface area contributed by atoms with Crippen LogP contribution in [0.2, 0.25) is 0 Å². The highest BCUT2D eigenvalue weighted by Gasteiger charge is 2.28. The van der Waals surface area contributed by atoms with Gasteiger partial charge < -0.3 is 14.5 Å². The van der Waals surface area contributed by atoms with Crippen molar-refractivity contribution in [2.45, 2.75) is 25.4 Å². The van der Waals surface area contributed by atoms with Gasteiger partial charge in [0, 0.05) is 37.7 Å². The van der Waals surface area contributed by atoms with Gasteiger partial charge in [0.2, 0.25) is 0 Å². The Morgan fingerprint density at radius 3 is 2.70 bits per heavy atom. The van der Waals surface area contributed by atoms with Crippen LogP contribution in [0.25, 0.3) is 11.3 Å². The number of nitrogens with one attached hydrogen (secondary N) is 1. The van der Waals surface area contributed by atoms with Crippen LogP contribution in [0.5, 0.6) is 5.75 Å². The number of rotatable bonds is 8. The monoisotopic (exact) mass is 406 g/mol. The van der Waals surface area contributed by atoms with E-state index in [4.69, 9.17) is 14.5 Å². The standard InChI is InChI=1S/C23H26N4O3/c1-29-13-14-30-19-6-4-17(5-7-19)16-27-12-2-3-21(27)23-25-20(15-22(28)26-23)18-8-10-24-11-9-18/h4-11,15,21H,2-3,12-14,16H2,1H3,(H,25,26,28)/t21-/m0/s1. The van der Waals surface area contributed by atoms with Gasteiger partial charge in [0.15, 0.2) is 0 Å². The average molecular weight is 406 g/mol. The minimum atomic E-state index is -0.128. The smallest absolute Gasteiger partial charge is 0.251 e. The lowest BCUT2D eigenvalue weighted by Gasteiger charge is -2.24. The number of aromatic amines is 1. The van der Waals surface area contributed by atoms with Crippen LogP contribution in [0.1, 0.15) is 30.3 Å². The second-order valence-electron chi connectivity index (χ2n) is 7.37. The summed E-state index contributed by atoms with van der Waals surface area (Å²) in [5.41, 5.74) is 2.65. The number of H-pyrrole nitrogens is 1. The molecule has 3 aromatic rings. The summed E-state index contributed by atoms with van der Waals surface area (Å²) in [6.07, 6.45) is 5.47. The van der Waals surface area contributed by atoms with Crippen molar-refractivity contribution in [2.24, 2.45) is 0 Å². The lowest BCUT2D eigenvalue weighted by molar-refractivity contribution is 0.146. The van der Waals surface area contributed by atoms with Crippen LogP contribution in [0.4, 0.5) is 0 Å². The Balaban J connectivity index is 1.49. The van der Waals surface area contributed by atoms with E-state index in [9.17, 15) is 4.79 Å². The summed E-state index contributed by atoms with van der Waals surface area (Å²) in [5.74, 6) is 1.57. The fraction of sp³-hybridized carbons (Fsp3) is 0.348. The summed E-state index contributed by atoms with van der Waals surface area (Å²) in [5, 5.41) is 0. The zero-order valence-corrected chi connectivity index (χ0v) is 17.1. The van der Waals surface area contributed by atoms with Crippen LogP contribution in [0.3, 0.4) is 0 Å². The summed E-state index contributed by atoms with van der Waals surface area (Å²) in [6.45, 7) is 2.88. The van der Waals surface area contributed by atoms with Crippen molar-refractivity contribution in [2.75, 3.05) is 26.9 Å². The maximum absolute atomic E-state index is 12.3. The van der Waals surface area contributed by atoms with Crippen LogP contribution in [-0.4, -0.2) is 46.7 Å². The van der Waals surface area contributed by atoms with Gasteiger partial charge in [-0.05, 0) is 49.2 Å². The summed E-state index contributed by atoms with van der Waals surface area (Å²) in [6, 6.07) is 13.5. The van der Waals surface area contributed by atoms with Crippen molar-refractivity contribution in [3.05, 3.63) is 76.6 Å². The summed E-state index contributed by atoms with van der Waals surface area (Å²) >= 11 is 0. The number of hydrogen-bond donors (Lipinski definition) is 1. The number of pyridine rings is 1. The Kier molecular flexibility index (Phi) is 6.51. The molecule has 1 aliphatic rings. The van der Waals surface area contributed by atoms with E-state index in [0.29, 0.717) is 18.9 Å². The van der Waals surface area contributed by atoms with Crippen molar-refractivity contribution in [1.29, 1.82) is 0 Å². The molecule has 30 heavy (non-hydrogen) atoms. The Morgan fingerprint density at radius 1 is 1.13 bits per heavy atom. The predicted molar refractivity (Wildman–Crippen MR) is 114 cm³/mol. The minimum absolute atomic E-state index is 0.0946. The molecule has 1 aliphatic heterocycles. The molecule has 1 N–H and O–H groups in total. The van der Waals surface area contributed by atoms with Gasteiger partial charge in [0.05, 0.1) is 18.3 Å². The fourth-order valence-corrected chi connectivity index (χ4v) is 3.80. The molecule has 3 heterocycles. The molecular formula is C23H26N4O3. The van der Waals surface area contributed by atoms with E-state index < -0.39 is 0 Å². The fourth-order valence-electron chi connectivity index (χ4n) is 3.80. The zero-order chi connectivity index (χ0) is 20.8. The molecule has 0 aliphatic carbocycles. The first kappa shape index (κ1) is 20.3. The molecule has 1 saturated heterocycles. The molecule has 0 spiro atoms. The van der Waals surface area contributed by atoms with Gasteiger partial charge in [-0.15, -0.1) is 0 Å². The molecule has 156 valence electrons. The predicted octanol–water partition coefficient (Wildman–Crippen LogP) is 3.19. The Hall–Kier alpha value is -3.03. The maximum Gasteiger partial charge on any atom is 0.251 e. The highest BCUT2D eigenvalue weighted by atomic mass is 16.5. The van der Waals surface area contributed by atoms with Crippen molar-refractivity contribution in [3.63, 3.8) is 0 Å². The first-order valence-electron chi connectivity index (χ1n) is 10.2. The van der Waals surface area contributed by atoms with Gasteiger partial charge in [-0.25, -0.2) is 4.98 Å². The minimum Gasteiger partial charge on any atom is -0.491 e. The normalized spacial score (nSPS) is 16.6. The zero-order valence-electron chi connectivity index (χ0n) is 17.1. The van der Waals surface area contributed by atoms with E-state index in [1.807, 2.05) is 24.3 Å². The first-order chi connectivity index (χ1) is 14.7. The molecular weight excluding hydrogens is 380 g/mol. The molecule has 0 amide bonds. The lowest BCUT2D eigenvalue weighted by Crippen LogP contribution is -2.26. The first-order valence-corrected chi connectivity index (χ1v) is 10.2. The Bertz CT molecular complexity index is 1000. The second-order valence-corrected chi connectivity index (χ2v) is 7.37. The van der Waals surface area contributed by atoms with Gasteiger partial charge in [0.1, 0.15) is 18.2 Å². The third-order valence-corrected chi connectivity index (χ3v) is 5.28. The largest absolute Gasteiger partial charge is 0.491 e. The van der Waals surface area contributed by atoms with E-state index in [0.717, 1.165) is 43.1 Å². The molecule has 0 saturated carbocycles. The van der Waals surface area contributed by atoms with Crippen LogP contribution in [0, 0.1) is 0 Å². The van der Waals surface area contributed by atoms with Gasteiger partial charge in [0.25, 0.3) is 5.56 Å². The van der Waals surface area contributed by atoms with Gasteiger partial charge in [-0.1, -0.05) is 12.1 Å². The van der Waals surface area contributed by atoms with Crippen molar-refractivity contribution >= 4 is 0 Å². The summed E-state index contributed by atoms with van der Waals surface area (Å²) in [4.78, 5) is 26.4. The molecule has 2 aromatic heterocycles. The number of ether oxygens (including phenoxy) is 2. The number of nitrogens with zero attached hydrogens (tertiary/aromatic N) is 3. The molecule has 4 rings (SSSR count). The summed E-state index contributed by atoms with van der Waals surface area (Å²) < 4.78 is 10.6. The van der Waals surface area contributed by atoms with Crippen LogP contribution >= 0.6 is 0 Å². The van der Waals surface area contributed by atoms with E-state index in [1.165, 1.54) is 5.56 Å². The topological polar surface area (TPSA) is 80.3 Å². The van der Waals surface area contributed by atoms with Crippen molar-refractivity contribution < 1.29 is 9.47 Å². The van der Waals surface area contributed by atoms with Crippen LogP contribution in [0.15, 0.2) is 59.7 Å². The molecule has 1 fully saturated rings. The van der Waals surface area contributed by atoms with Crippen molar-refractivity contribution in [3.8, 4) is 17.0 Å². The maximum atomic E-state index is 12.3. The van der Waals surface area contributed by atoms with Crippen molar-refractivity contribution in [1.82, 2.24) is 19.9 Å². The molecule has 1 aromatic carbocycles. The molecule has 0 radical (unpaired) electrons. The third-order valence-electron chi connectivity index (χ3n) is 5.28. The quantitative estimate of drug-likeness (QED) is 0.579. The third kappa shape index (κ3) is 4.93. The number of benzene rings is 1. The van der Waals surface area contributed by atoms with Crippen LogP contribution in [-0.2, 0) is 11.3 Å². The highest BCUT2D eigenvalue weighted by molar-refractivity contribution is 5.57. The highest BCUT2D eigenvalue weighted by Crippen LogP contribution is 2.32. The number of hydrogen-bond acceptors (Lipinski definition) is 6. The molecule has 0 unspecified atom stereocenters. The number of methoxy groups -OCH3 is 1. The second kappa shape index (κ2) is 9.65. The molecule has 7 nitrogen and oxygen atoms in total. The Morgan fingerprint density at radius 2 is 1.93 bits per heavy atom. The van der Waals surface area contributed by atoms with E-state index in [2.05, 4.69) is 27.0 Å². The SMILES string of the molecule is COCCOc1ccc(CN2CCC[C@H]2c2nc(-c3ccncc3)cc(=O)[nH]2)cc1. The average Bonchev–Trinajstić information content (AvgIpc) is 3.23. The van der Waals surface area contributed by atoms with E-state index in [1.54, 1.807) is 25.6 Å². The van der Waals surface area contributed by atoms with Gasteiger partial charge in [-0.2, -0.15) is 0 Å². The van der Waals surface area contributed by atoms with E-state index in [-0.39, 0.29) is 11.6 Å².